The Morgan fingerprint density at radius 1 is 1.26 bits per heavy atom. The largest absolute Gasteiger partial charge is 0.457 e. The summed E-state index contributed by atoms with van der Waals surface area (Å²) in [5, 5.41) is 0.987. The number of pyridine rings is 2. The van der Waals surface area contributed by atoms with Crippen LogP contribution in [0.3, 0.4) is 0 Å². The predicted octanol–water partition coefficient (Wildman–Crippen LogP) is 3.00. The predicted molar refractivity (Wildman–Crippen MR) is 126 cm³/mol. The summed E-state index contributed by atoms with van der Waals surface area (Å²) >= 11 is 0. The van der Waals surface area contributed by atoms with Crippen molar-refractivity contribution in [1.82, 2.24) is 9.55 Å². The Bertz CT molecular complexity index is 1390. The number of fused-ring (bicyclic) bond motifs is 5. The van der Waals surface area contributed by atoms with Crippen LogP contribution in [0.15, 0.2) is 41.2 Å². The Hall–Kier alpha value is -3.52. The van der Waals surface area contributed by atoms with E-state index in [4.69, 9.17) is 20.2 Å². The Morgan fingerprint density at radius 3 is 2.76 bits per heavy atom. The van der Waals surface area contributed by atoms with Gasteiger partial charge in [0.05, 0.1) is 29.0 Å². The maximum absolute atomic E-state index is 13.5. The lowest BCUT2D eigenvalue weighted by Gasteiger charge is -2.36. The molecule has 0 radical (unpaired) electrons. The van der Waals surface area contributed by atoms with Gasteiger partial charge in [0.1, 0.15) is 12.6 Å². The van der Waals surface area contributed by atoms with E-state index in [1.807, 2.05) is 44.2 Å². The molecule has 2 aromatic heterocycles. The summed E-state index contributed by atoms with van der Waals surface area (Å²) in [7, 11) is 0. The second-order valence-corrected chi connectivity index (χ2v) is 9.42. The maximum Gasteiger partial charge on any atom is 0.355 e. The fraction of sp³-hybridized carbons (Fsp3) is 0.385. The van der Waals surface area contributed by atoms with Gasteiger partial charge in [-0.25, -0.2) is 9.78 Å². The fourth-order valence-corrected chi connectivity index (χ4v) is 4.93. The number of carbonyl (C=O) groups excluding carboxylic acids is 2. The molecule has 5 rings (SSSR count). The standard InChI is InChI=1S/C26H27N3O5/c1-4-26(34-24(31)19(27)9-14(2)3)18-11-21-22-16(10-15-7-5-6-8-20(15)28-22)12-29(21)23(30)17(18)13-33-25(26)32/h5-8,10-11,14,19H,4,9,12-13,27H2,1-3H3/t19-,26-/m0/s1. The number of hydrogen-bond donors (Lipinski definition) is 1. The number of ether oxygens (including phenoxy) is 2. The summed E-state index contributed by atoms with van der Waals surface area (Å²) in [6.45, 7) is 5.83. The maximum atomic E-state index is 13.5. The number of rotatable bonds is 5. The van der Waals surface area contributed by atoms with Crippen LogP contribution in [-0.2, 0) is 37.8 Å². The van der Waals surface area contributed by atoms with Crippen LogP contribution in [0, 0.1) is 5.92 Å². The molecule has 2 aliphatic rings. The highest BCUT2D eigenvalue weighted by atomic mass is 16.6. The number of esters is 2. The van der Waals surface area contributed by atoms with Gasteiger partial charge in [0.25, 0.3) is 5.56 Å². The van der Waals surface area contributed by atoms with Crippen molar-refractivity contribution >= 4 is 22.8 Å². The van der Waals surface area contributed by atoms with Gasteiger partial charge in [0, 0.05) is 16.5 Å². The van der Waals surface area contributed by atoms with Crippen molar-refractivity contribution < 1.29 is 19.1 Å². The monoisotopic (exact) mass is 461 g/mol. The van der Waals surface area contributed by atoms with E-state index in [1.165, 1.54) is 0 Å². The molecular formula is C26H27N3O5. The number of benzene rings is 1. The zero-order valence-electron chi connectivity index (χ0n) is 19.5. The number of carbonyl (C=O) groups is 2. The highest BCUT2D eigenvalue weighted by molar-refractivity contribution is 5.89. The topological polar surface area (TPSA) is 114 Å². The number of para-hydroxylation sites is 1. The molecule has 0 aliphatic carbocycles. The molecule has 0 bridgehead atoms. The molecule has 176 valence electrons. The van der Waals surface area contributed by atoms with E-state index in [2.05, 4.69) is 0 Å². The van der Waals surface area contributed by atoms with Crippen molar-refractivity contribution in [1.29, 1.82) is 0 Å². The van der Waals surface area contributed by atoms with Gasteiger partial charge in [0.2, 0.25) is 5.60 Å². The molecule has 0 spiro atoms. The molecule has 0 saturated carbocycles. The summed E-state index contributed by atoms with van der Waals surface area (Å²) in [5.74, 6) is -1.21. The third-order valence-corrected chi connectivity index (χ3v) is 6.69. The molecule has 2 N–H and O–H groups in total. The van der Waals surface area contributed by atoms with Crippen LogP contribution in [0.5, 0.6) is 0 Å². The molecular weight excluding hydrogens is 434 g/mol. The lowest BCUT2D eigenvalue weighted by Crippen LogP contribution is -2.50. The molecule has 8 nitrogen and oxygen atoms in total. The SMILES string of the molecule is CC[C@@]1(OC(=O)[C@@H](N)CC(C)C)C(=O)OCc2c1cc1n(c2=O)Cc2cc3ccccc3nc2-1. The van der Waals surface area contributed by atoms with Crippen LogP contribution in [-0.4, -0.2) is 27.5 Å². The van der Waals surface area contributed by atoms with Crippen LogP contribution < -0.4 is 11.3 Å². The number of nitrogens with zero attached hydrogens (tertiary/aromatic N) is 2. The quantitative estimate of drug-likeness (QED) is 0.455. The van der Waals surface area contributed by atoms with E-state index in [-0.39, 0.29) is 24.5 Å². The van der Waals surface area contributed by atoms with Crippen LogP contribution in [0.1, 0.15) is 50.3 Å². The summed E-state index contributed by atoms with van der Waals surface area (Å²) < 4.78 is 12.8. The van der Waals surface area contributed by atoms with Gasteiger partial charge in [-0.2, -0.15) is 0 Å². The highest BCUT2D eigenvalue weighted by Crippen LogP contribution is 2.41. The fourth-order valence-electron chi connectivity index (χ4n) is 4.93. The molecule has 4 heterocycles. The van der Waals surface area contributed by atoms with Gasteiger partial charge in [0.15, 0.2) is 0 Å². The van der Waals surface area contributed by atoms with Gasteiger partial charge < -0.3 is 19.8 Å². The number of nitrogens with two attached hydrogens (primary N) is 1. The van der Waals surface area contributed by atoms with Crippen molar-refractivity contribution in [2.24, 2.45) is 11.7 Å². The summed E-state index contributed by atoms with van der Waals surface area (Å²) in [6.07, 6.45) is 0.525. The number of aromatic nitrogens is 2. The molecule has 3 aromatic rings. The van der Waals surface area contributed by atoms with E-state index in [1.54, 1.807) is 17.6 Å². The first-order valence-corrected chi connectivity index (χ1v) is 11.6. The molecule has 34 heavy (non-hydrogen) atoms. The van der Waals surface area contributed by atoms with Gasteiger partial charge in [-0.3, -0.25) is 9.59 Å². The van der Waals surface area contributed by atoms with Crippen molar-refractivity contribution in [2.45, 2.75) is 58.4 Å². The molecule has 2 aliphatic heterocycles. The van der Waals surface area contributed by atoms with Crippen molar-refractivity contribution in [3.63, 3.8) is 0 Å². The minimum Gasteiger partial charge on any atom is -0.457 e. The van der Waals surface area contributed by atoms with E-state index in [0.717, 1.165) is 16.5 Å². The average molecular weight is 462 g/mol. The molecule has 2 atom stereocenters. The summed E-state index contributed by atoms with van der Waals surface area (Å²) in [4.78, 5) is 44.3. The smallest absolute Gasteiger partial charge is 0.355 e. The van der Waals surface area contributed by atoms with E-state index in [0.29, 0.717) is 35.5 Å². The number of hydrogen-bond acceptors (Lipinski definition) is 7. The van der Waals surface area contributed by atoms with Gasteiger partial charge in [-0.15, -0.1) is 0 Å². The van der Waals surface area contributed by atoms with E-state index in [9.17, 15) is 14.4 Å². The molecule has 0 fully saturated rings. The molecule has 1 aromatic carbocycles. The highest BCUT2D eigenvalue weighted by Gasteiger charge is 2.51. The van der Waals surface area contributed by atoms with Gasteiger partial charge in [-0.05, 0) is 37.0 Å². The Kier molecular flexibility index (Phi) is 5.28. The van der Waals surface area contributed by atoms with Crippen molar-refractivity contribution in [2.75, 3.05) is 0 Å². The van der Waals surface area contributed by atoms with Crippen LogP contribution in [0.2, 0.25) is 0 Å². The number of cyclic esters (lactones) is 1. The first kappa shape index (κ1) is 22.3. The minimum absolute atomic E-state index is 0.111. The molecule has 0 saturated heterocycles. The second-order valence-electron chi connectivity index (χ2n) is 9.42. The van der Waals surface area contributed by atoms with Gasteiger partial charge >= 0.3 is 11.9 Å². The van der Waals surface area contributed by atoms with Crippen LogP contribution in [0.25, 0.3) is 22.3 Å². The third-order valence-electron chi connectivity index (χ3n) is 6.69. The zero-order chi connectivity index (χ0) is 24.2. The molecule has 0 amide bonds. The first-order valence-electron chi connectivity index (χ1n) is 11.6. The summed E-state index contributed by atoms with van der Waals surface area (Å²) in [6, 6.07) is 10.7. The second kappa shape index (κ2) is 8.06. The zero-order valence-corrected chi connectivity index (χ0v) is 19.5. The average Bonchev–Trinajstić information content (AvgIpc) is 3.17. The van der Waals surface area contributed by atoms with Crippen LogP contribution >= 0.6 is 0 Å². The molecule has 8 heteroatoms. The van der Waals surface area contributed by atoms with Crippen molar-refractivity contribution in [3.05, 3.63) is 63.4 Å². The third kappa shape index (κ3) is 3.32. The lowest BCUT2D eigenvalue weighted by molar-refractivity contribution is -0.190. The van der Waals surface area contributed by atoms with E-state index < -0.39 is 23.6 Å². The van der Waals surface area contributed by atoms with Crippen LogP contribution in [0.4, 0.5) is 0 Å². The molecule has 0 unspecified atom stereocenters. The Balaban J connectivity index is 1.66. The Morgan fingerprint density at radius 2 is 2.03 bits per heavy atom. The van der Waals surface area contributed by atoms with Crippen molar-refractivity contribution in [3.8, 4) is 11.4 Å². The lowest BCUT2D eigenvalue weighted by atomic mass is 9.85. The minimum atomic E-state index is -1.73. The first-order chi connectivity index (χ1) is 16.2. The normalized spacial score (nSPS) is 19.4. The van der Waals surface area contributed by atoms with E-state index >= 15 is 0 Å². The van der Waals surface area contributed by atoms with Gasteiger partial charge in [-0.1, -0.05) is 39.0 Å². The Labute approximate surface area is 196 Å². The summed E-state index contributed by atoms with van der Waals surface area (Å²) in [5.41, 5.74) is 7.73.